The second-order valence-electron chi connectivity index (χ2n) is 7.86. The molecule has 3 aliphatic heterocycles. The van der Waals surface area contributed by atoms with Crippen LogP contribution in [0, 0.1) is 5.92 Å². The van der Waals surface area contributed by atoms with Crippen molar-refractivity contribution in [3.63, 3.8) is 0 Å². The molecule has 1 aliphatic carbocycles. The van der Waals surface area contributed by atoms with Gasteiger partial charge in [-0.25, -0.2) is 9.79 Å². The Morgan fingerprint density at radius 2 is 2.11 bits per heavy atom. The van der Waals surface area contributed by atoms with Gasteiger partial charge in [0.1, 0.15) is 12.3 Å². The lowest BCUT2D eigenvalue weighted by Gasteiger charge is -2.37. The van der Waals surface area contributed by atoms with Crippen LogP contribution in [0.1, 0.15) is 6.92 Å². The molecule has 0 radical (unpaired) electrons. The number of allylic oxidation sites excluding steroid dienone is 2. The third-order valence-corrected chi connectivity index (χ3v) is 6.04. The molecule has 10 nitrogen and oxygen atoms in total. The minimum Gasteiger partial charge on any atom is -0.449 e. The fourth-order valence-corrected chi connectivity index (χ4v) is 4.69. The lowest BCUT2D eigenvalue weighted by atomic mass is 9.82. The van der Waals surface area contributed by atoms with E-state index in [-0.39, 0.29) is 47.0 Å². The van der Waals surface area contributed by atoms with Gasteiger partial charge >= 0.3 is 6.09 Å². The lowest BCUT2D eigenvalue weighted by Crippen LogP contribution is -2.53. The number of aliphatic imine (C=N–C) groups is 1. The summed E-state index contributed by atoms with van der Waals surface area (Å²) in [6.45, 7) is 1.69. The standard InChI is InChI=1S/C18H23N5O5/c1-8-12(20-7-21(2)3)15(25)11-9(6-28-17(19)26)18(27)16-10(22(16)4)5-23(18)13(11)14(8)24/h7,9-10,16,27H,5-6H2,1-4H3,(H2,19,26)/t9-,10-,16-,18+,22?/m0/s1. The van der Waals surface area contributed by atoms with E-state index in [1.807, 2.05) is 11.9 Å². The summed E-state index contributed by atoms with van der Waals surface area (Å²) in [4.78, 5) is 47.0. The number of ether oxygens (including phenoxy) is 1. The van der Waals surface area contributed by atoms with Gasteiger partial charge in [0.05, 0.1) is 24.0 Å². The van der Waals surface area contributed by atoms with Crippen LogP contribution in [-0.4, -0.2) is 95.9 Å². The fraction of sp³-hybridized carbons (Fsp3) is 0.556. The number of aliphatic hydroxyl groups is 1. The van der Waals surface area contributed by atoms with Crippen molar-refractivity contribution in [1.29, 1.82) is 0 Å². The van der Waals surface area contributed by atoms with E-state index in [0.29, 0.717) is 6.54 Å². The van der Waals surface area contributed by atoms with Crippen LogP contribution in [0.4, 0.5) is 4.79 Å². The number of Topliss-reactive ketones (excluding diaryl/α,β-unsaturated/α-hetero) is 2. The van der Waals surface area contributed by atoms with Gasteiger partial charge in [-0.1, -0.05) is 0 Å². The van der Waals surface area contributed by atoms with Gasteiger partial charge in [0, 0.05) is 37.8 Å². The maximum atomic E-state index is 13.3. The number of primary amides is 1. The smallest absolute Gasteiger partial charge is 0.404 e. The van der Waals surface area contributed by atoms with Gasteiger partial charge in [0.2, 0.25) is 11.6 Å². The number of rotatable bonds is 4. The van der Waals surface area contributed by atoms with Gasteiger partial charge in [0.25, 0.3) is 0 Å². The molecule has 1 unspecified atom stereocenters. The summed E-state index contributed by atoms with van der Waals surface area (Å²) in [5.41, 5.74) is 4.20. The first-order valence-electron chi connectivity index (χ1n) is 8.99. The van der Waals surface area contributed by atoms with E-state index >= 15 is 0 Å². The van der Waals surface area contributed by atoms with E-state index < -0.39 is 23.5 Å². The Labute approximate surface area is 161 Å². The summed E-state index contributed by atoms with van der Waals surface area (Å²) < 4.78 is 4.97. The van der Waals surface area contributed by atoms with E-state index in [2.05, 4.69) is 4.99 Å². The Kier molecular flexibility index (Phi) is 3.92. The van der Waals surface area contributed by atoms with Crippen molar-refractivity contribution in [1.82, 2.24) is 14.7 Å². The number of hydrogen-bond acceptors (Lipinski definition) is 8. The molecule has 4 rings (SSSR count). The van der Waals surface area contributed by atoms with Gasteiger partial charge < -0.3 is 25.4 Å². The molecule has 0 spiro atoms. The maximum absolute atomic E-state index is 13.3. The molecule has 10 heteroatoms. The highest BCUT2D eigenvalue weighted by Crippen LogP contribution is 2.57. The van der Waals surface area contributed by atoms with Crippen LogP contribution in [0.2, 0.25) is 0 Å². The Hall–Kier alpha value is -2.72. The minimum atomic E-state index is -1.51. The lowest BCUT2D eigenvalue weighted by molar-refractivity contribution is -0.126. The molecular formula is C18H23N5O5. The normalized spacial score (nSPS) is 36.1. The fourth-order valence-electron chi connectivity index (χ4n) is 4.69. The molecule has 3 heterocycles. The molecule has 0 saturated carbocycles. The van der Waals surface area contributed by atoms with Crippen LogP contribution in [0.15, 0.2) is 27.5 Å². The monoisotopic (exact) mass is 389 g/mol. The van der Waals surface area contributed by atoms with Crippen LogP contribution < -0.4 is 5.73 Å². The Balaban J connectivity index is 1.79. The van der Waals surface area contributed by atoms with E-state index in [4.69, 9.17) is 10.5 Å². The maximum Gasteiger partial charge on any atom is 0.404 e. The summed E-state index contributed by atoms with van der Waals surface area (Å²) >= 11 is 0. The summed E-state index contributed by atoms with van der Waals surface area (Å²) in [6.07, 6.45) is 0.440. The van der Waals surface area contributed by atoms with E-state index in [0.717, 1.165) is 0 Å². The summed E-state index contributed by atoms with van der Waals surface area (Å²) in [7, 11) is 5.37. The highest BCUT2D eigenvalue weighted by atomic mass is 16.5. The number of nitrogens with two attached hydrogens (primary N) is 1. The summed E-state index contributed by atoms with van der Waals surface area (Å²) in [6, 6.07) is -0.176. The zero-order valence-electron chi connectivity index (χ0n) is 16.2. The van der Waals surface area contributed by atoms with Gasteiger partial charge in [-0.15, -0.1) is 0 Å². The van der Waals surface area contributed by atoms with Crippen molar-refractivity contribution in [2.45, 2.75) is 24.7 Å². The first-order valence-corrected chi connectivity index (χ1v) is 8.99. The molecule has 2 saturated heterocycles. The molecule has 3 N–H and O–H groups in total. The predicted molar refractivity (Wildman–Crippen MR) is 97.9 cm³/mol. The first-order chi connectivity index (χ1) is 13.1. The number of fused-ring (bicyclic) bond motifs is 4. The molecule has 2 fully saturated rings. The number of carbonyl (C=O) groups excluding carboxylic acids is 3. The SMILES string of the molecule is CC1=C(N=CN(C)C)C(=O)C2=C(C1=O)N1C[C@H]3[C@H](N3C)[C@]1(O)[C@H]2COC(N)=O. The van der Waals surface area contributed by atoms with Gasteiger partial charge in [-0.2, -0.15) is 0 Å². The van der Waals surface area contributed by atoms with E-state index in [1.54, 1.807) is 30.8 Å². The largest absolute Gasteiger partial charge is 0.449 e. The molecule has 150 valence electrons. The second kappa shape index (κ2) is 5.89. The van der Waals surface area contributed by atoms with Crippen molar-refractivity contribution < 1.29 is 24.2 Å². The first kappa shape index (κ1) is 18.6. The Morgan fingerprint density at radius 3 is 2.71 bits per heavy atom. The van der Waals surface area contributed by atoms with Crippen molar-refractivity contribution in [3.05, 3.63) is 22.5 Å². The number of hydrogen-bond donors (Lipinski definition) is 2. The molecule has 0 bridgehead atoms. The Bertz CT molecular complexity index is 891. The molecular weight excluding hydrogens is 366 g/mol. The molecule has 5 atom stereocenters. The topological polar surface area (TPSA) is 129 Å². The zero-order valence-corrected chi connectivity index (χ0v) is 16.2. The zero-order chi connectivity index (χ0) is 20.5. The number of amides is 1. The van der Waals surface area contributed by atoms with Crippen molar-refractivity contribution in [2.75, 3.05) is 34.3 Å². The van der Waals surface area contributed by atoms with Gasteiger partial charge in [-0.05, 0) is 14.0 Å². The van der Waals surface area contributed by atoms with Gasteiger partial charge in [-0.3, -0.25) is 14.5 Å². The van der Waals surface area contributed by atoms with Crippen molar-refractivity contribution >= 4 is 24.0 Å². The third-order valence-electron chi connectivity index (χ3n) is 6.04. The van der Waals surface area contributed by atoms with Crippen molar-refractivity contribution in [2.24, 2.45) is 16.6 Å². The molecule has 28 heavy (non-hydrogen) atoms. The van der Waals surface area contributed by atoms with Crippen molar-refractivity contribution in [3.8, 4) is 0 Å². The number of carbonyl (C=O) groups is 3. The minimum absolute atomic E-state index is 0.0343. The highest BCUT2D eigenvalue weighted by Gasteiger charge is 2.74. The number of likely N-dealkylation sites (N-methyl/N-ethyl adjacent to an activating group) is 1. The van der Waals surface area contributed by atoms with Crippen LogP contribution >= 0.6 is 0 Å². The summed E-state index contributed by atoms with van der Waals surface area (Å²) in [5.74, 6) is -1.67. The van der Waals surface area contributed by atoms with Crippen LogP contribution in [0.25, 0.3) is 0 Å². The number of nitrogens with zero attached hydrogens (tertiary/aromatic N) is 4. The Morgan fingerprint density at radius 1 is 1.43 bits per heavy atom. The molecule has 4 aliphatic rings. The van der Waals surface area contributed by atoms with Crippen LogP contribution in [0.5, 0.6) is 0 Å². The molecule has 0 aromatic heterocycles. The second-order valence-corrected chi connectivity index (χ2v) is 7.86. The average Bonchev–Trinajstić information content (AvgIpc) is 3.02. The highest BCUT2D eigenvalue weighted by molar-refractivity contribution is 6.25. The average molecular weight is 389 g/mol. The van der Waals surface area contributed by atoms with E-state index in [1.165, 1.54) is 6.34 Å². The van der Waals surface area contributed by atoms with E-state index in [9.17, 15) is 19.5 Å². The molecule has 0 aromatic carbocycles. The summed E-state index contributed by atoms with van der Waals surface area (Å²) in [5, 5.41) is 11.6. The van der Waals surface area contributed by atoms with Crippen LogP contribution in [0.3, 0.4) is 0 Å². The predicted octanol–water partition coefficient (Wildman–Crippen LogP) is -1.33. The van der Waals surface area contributed by atoms with Gasteiger partial charge in [0.15, 0.2) is 5.72 Å². The molecule has 0 aromatic rings. The van der Waals surface area contributed by atoms with Crippen LogP contribution in [-0.2, 0) is 14.3 Å². The quantitative estimate of drug-likeness (QED) is 0.262. The number of ketones is 2. The number of piperazine rings is 1. The molecule has 1 amide bonds. The third kappa shape index (κ3) is 2.27.